The normalized spacial score (nSPS) is 15.8. The third-order valence-electron chi connectivity index (χ3n) is 6.21. The second-order valence-electron chi connectivity index (χ2n) is 9.14. The monoisotopic (exact) mass is 443 g/mol. The zero-order chi connectivity index (χ0) is 24.1. The summed E-state index contributed by atoms with van der Waals surface area (Å²) in [6.07, 6.45) is 3.69. The molecule has 4 atom stereocenters. The van der Waals surface area contributed by atoms with Crippen molar-refractivity contribution in [1.82, 2.24) is 20.1 Å². The minimum atomic E-state index is -0.276. The van der Waals surface area contributed by atoms with Gasteiger partial charge in [0, 0.05) is 27.7 Å². The molecule has 0 fully saturated rings. The van der Waals surface area contributed by atoms with Gasteiger partial charge in [0.25, 0.3) is 0 Å². The molecule has 0 spiro atoms. The summed E-state index contributed by atoms with van der Waals surface area (Å²) in [7, 11) is 7.32. The maximum absolute atomic E-state index is 12.9. The molecule has 8 nitrogen and oxygen atoms in total. The summed E-state index contributed by atoms with van der Waals surface area (Å²) in [5.41, 5.74) is 0. The Morgan fingerprint density at radius 2 is 1.58 bits per heavy atom. The molecule has 8 heteroatoms. The topological polar surface area (TPSA) is 91.1 Å². The summed E-state index contributed by atoms with van der Waals surface area (Å²) in [4.78, 5) is 29.7. The number of unbranched alkanes of at least 4 members (excludes halogenated alkanes) is 1. The molecule has 2 amide bonds. The fourth-order valence-electron chi connectivity index (χ4n) is 4.22. The van der Waals surface area contributed by atoms with E-state index in [-0.39, 0.29) is 42.5 Å². The first kappa shape index (κ1) is 29.8. The highest BCUT2D eigenvalue weighted by molar-refractivity contribution is 5.87. The first-order chi connectivity index (χ1) is 14.5. The summed E-state index contributed by atoms with van der Waals surface area (Å²) in [6, 6.07) is -0.296. The molecule has 0 bridgehead atoms. The van der Waals surface area contributed by atoms with Crippen molar-refractivity contribution in [2.24, 2.45) is 17.7 Å². The summed E-state index contributed by atoms with van der Waals surface area (Å²) in [6.45, 7) is 12.0. The van der Waals surface area contributed by atoms with Gasteiger partial charge in [0.05, 0.1) is 24.7 Å². The molecule has 0 aliphatic carbocycles. The minimum absolute atomic E-state index is 0.00254. The Morgan fingerprint density at radius 1 is 1.00 bits per heavy atom. The molecule has 0 radical (unpaired) electrons. The molecular weight excluding hydrogens is 394 g/mol. The number of methoxy groups -OCH3 is 1. The van der Waals surface area contributed by atoms with Crippen molar-refractivity contribution in [3.8, 4) is 0 Å². The number of hydrogen-bond acceptors (Lipinski definition) is 6. The summed E-state index contributed by atoms with van der Waals surface area (Å²) in [5, 5.41) is 4.55. The van der Waals surface area contributed by atoms with Crippen molar-refractivity contribution in [1.29, 1.82) is 0 Å². The molecule has 0 aromatic rings. The van der Waals surface area contributed by atoms with Gasteiger partial charge in [0.15, 0.2) is 0 Å². The number of amides is 2. The summed E-state index contributed by atoms with van der Waals surface area (Å²) < 4.78 is 5.65. The number of carbonyl (C=O) groups excluding carboxylic acids is 2. The first-order valence-electron chi connectivity index (χ1n) is 11.7. The molecule has 184 valence electrons. The van der Waals surface area contributed by atoms with Crippen molar-refractivity contribution < 1.29 is 14.3 Å². The fraction of sp³-hybridized carbons (Fsp3) is 0.913. The van der Waals surface area contributed by atoms with Gasteiger partial charge in [-0.3, -0.25) is 25.3 Å². The van der Waals surface area contributed by atoms with Crippen LogP contribution in [0.3, 0.4) is 0 Å². The molecular formula is C23H49N5O3. The van der Waals surface area contributed by atoms with E-state index < -0.39 is 0 Å². The predicted octanol–water partition coefficient (Wildman–Crippen LogP) is 1.94. The van der Waals surface area contributed by atoms with Gasteiger partial charge in [-0.1, -0.05) is 41.0 Å². The zero-order valence-corrected chi connectivity index (χ0v) is 21.5. The molecule has 4 unspecified atom stereocenters. The summed E-state index contributed by atoms with van der Waals surface area (Å²) in [5.74, 6) is 5.90. The van der Waals surface area contributed by atoms with Gasteiger partial charge in [-0.15, -0.1) is 0 Å². The number of nitrogens with zero attached hydrogens (tertiary/aromatic N) is 3. The number of carbonyl (C=O) groups is 2. The van der Waals surface area contributed by atoms with E-state index in [1.807, 2.05) is 35.0 Å². The van der Waals surface area contributed by atoms with E-state index in [1.165, 1.54) is 0 Å². The van der Waals surface area contributed by atoms with E-state index >= 15 is 0 Å². The SMILES string of the molecule is CCC(C)C(C(CC)OC)N(C)C(=O)CNC(=O)C(C(C)C)N(C)CCCCN(C)N. The quantitative estimate of drug-likeness (QED) is 0.215. The van der Waals surface area contributed by atoms with Crippen LogP contribution in [0.4, 0.5) is 0 Å². The highest BCUT2D eigenvalue weighted by Gasteiger charge is 2.32. The van der Waals surface area contributed by atoms with E-state index in [2.05, 4.69) is 31.0 Å². The third-order valence-corrected chi connectivity index (χ3v) is 6.21. The van der Waals surface area contributed by atoms with Gasteiger partial charge in [0.2, 0.25) is 11.8 Å². The van der Waals surface area contributed by atoms with Gasteiger partial charge in [-0.25, -0.2) is 0 Å². The second-order valence-corrected chi connectivity index (χ2v) is 9.14. The van der Waals surface area contributed by atoms with Crippen molar-refractivity contribution in [3.63, 3.8) is 0 Å². The lowest BCUT2D eigenvalue weighted by atomic mass is 9.91. The number of nitrogens with one attached hydrogen (secondary N) is 1. The minimum Gasteiger partial charge on any atom is -0.379 e. The summed E-state index contributed by atoms with van der Waals surface area (Å²) >= 11 is 0. The van der Waals surface area contributed by atoms with Gasteiger partial charge < -0.3 is 15.0 Å². The third kappa shape index (κ3) is 10.3. The number of rotatable bonds is 16. The number of likely N-dealkylation sites (N-methyl/N-ethyl adjacent to an activating group) is 2. The van der Waals surface area contributed by atoms with Gasteiger partial charge in [0.1, 0.15) is 0 Å². The molecule has 0 saturated carbocycles. The van der Waals surface area contributed by atoms with Crippen molar-refractivity contribution in [2.75, 3.05) is 47.9 Å². The number of hydrazine groups is 1. The average Bonchev–Trinajstić information content (AvgIpc) is 2.71. The number of hydrogen-bond donors (Lipinski definition) is 2. The van der Waals surface area contributed by atoms with Gasteiger partial charge >= 0.3 is 0 Å². The Labute approximate surface area is 190 Å². The maximum Gasteiger partial charge on any atom is 0.242 e. The Morgan fingerprint density at radius 3 is 2.03 bits per heavy atom. The molecule has 0 aromatic carbocycles. The maximum atomic E-state index is 12.9. The lowest BCUT2D eigenvalue weighted by Crippen LogP contribution is -2.54. The Balaban J connectivity index is 4.96. The average molecular weight is 444 g/mol. The molecule has 0 saturated heterocycles. The van der Waals surface area contributed by atoms with E-state index in [1.54, 1.807) is 17.0 Å². The molecule has 0 aliphatic heterocycles. The van der Waals surface area contributed by atoms with Crippen LogP contribution < -0.4 is 11.2 Å². The lowest BCUT2D eigenvalue weighted by Gasteiger charge is -2.37. The predicted molar refractivity (Wildman–Crippen MR) is 127 cm³/mol. The van der Waals surface area contributed by atoms with Crippen LogP contribution in [0, 0.1) is 11.8 Å². The van der Waals surface area contributed by atoms with Crippen molar-refractivity contribution in [3.05, 3.63) is 0 Å². The Bertz CT molecular complexity index is 511. The highest BCUT2D eigenvalue weighted by Crippen LogP contribution is 2.21. The van der Waals surface area contributed by atoms with Crippen LogP contribution in [0.25, 0.3) is 0 Å². The van der Waals surface area contributed by atoms with E-state index in [0.717, 1.165) is 38.8 Å². The van der Waals surface area contributed by atoms with E-state index in [0.29, 0.717) is 5.92 Å². The van der Waals surface area contributed by atoms with Gasteiger partial charge in [-0.05, 0) is 44.7 Å². The van der Waals surface area contributed by atoms with Crippen LogP contribution >= 0.6 is 0 Å². The molecule has 3 N–H and O–H groups in total. The molecule has 31 heavy (non-hydrogen) atoms. The standard InChI is InChI=1S/C23H49N5O3/c1-10-18(5)22(19(11-2)31-9)28(8)20(29)16-25-23(30)21(17(3)4)26(6)14-12-13-15-27(7)24/h17-19,21-22H,10-16,24H2,1-9H3,(H,25,30). The van der Waals surface area contributed by atoms with Crippen LogP contribution in [0.2, 0.25) is 0 Å². The number of ether oxygens (including phenoxy) is 1. The molecule has 0 heterocycles. The smallest absolute Gasteiger partial charge is 0.242 e. The fourth-order valence-corrected chi connectivity index (χ4v) is 4.22. The Kier molecular flexibility index (Phi) is 14.9. The second kappa shape index (κ2) is 15.6. The van der Waals surface area contributed by atoms with Gasteiger partial charge in [-0.2, -0.15) is 0 Å². The lowest BCUT2D eigenvalue weighted by molar-refractivity contribution is -0.138. The van der Waals surface area contributed by atoms with Crippen molar-refractivity contribution >= 4 is 11.8 Å². The highest BCUT2D eigenvalue weighted by atomic mass is 16.5. The zero-order valence-electron chi connectivity index (χ0n) is 21.5. The van der Waals surface area contributed by atoms with E-state index in [9.17, 15) is 9.59 Å². The van der Waals surface area contributed by atoms with Crippen LogP contribution in [0.15, 0.2) is 0 Å². The van der Waals surface area contributed by atoms with E-state index in [4.69, 9.17) is 10.6 Å². The van der Waals surface area contributed by atoms with Crippen LogP contribution in [0.5, 0.6) is 0 Å². The molecule has 0 aliphatic rings. The molecule has 0 rings (SSSR count). The Hall–Kier alpha value is -1.22. The van der Waals surface area contributed by atoms with Crippen molar-refractivity contribution in [2.45, 2.75) is 78.5 Å². The largest absolute Gasteiger partial charge is 0.379 e. The van der Waals surface area contributed by atoms with Crippen LogP contribution in [-0.4, -0.2) is 92.7 Å². The van der Waals surface area contributed by atoms with Crippen LogP contribution in [-0.2, 0) is 14.3 Å². The number of nitrogens with two attached hydrogens (primary N) is 1. The molecule has 0 aromatic heterocycles. The first-order valence-corrected chi connectivity index (χ1v) is 11.7. The van der Waals surface area contributed by atoms with Crippen LogP contribution in [0.1, 0.15) is 60.3 Å².